The van der Waals surface area contributed by atoms with E-state index in [1.165, 1.54) is 0 Å². The van der Waals surface area contributed by atoms with Crippen molar-refractivity contribution in [3.05, 3.63) is 0 Å². The second-order valence-corrected chi connectivity index (χ2v) is 3.21. The van der Waals surface area contributed by atoms with Crippen molar-refractivity contribution in [1.82, 2.24) is 0 Å². The van der Waals surface area contributed by atoms with E-state index in [1.807, 2.05) is 0 Å². The molecule has 1 saturated heterocycles. The van der Waals surface area contributed by atoms with Crippen LogP contribution in [0.2, 0.25) is 0 Å². The van der Waals surface area contributed by atoms with E-state index < -0.39 is 37.3 Å². The Morgan fingerprint density at radius 3 is 2.40 bits per heavy atom. The second-order valence-electron chi connectivity index (χ2n) is 3.21. The Bertz CT molecular complexity index is 235. The highest BCUT2D eigenvalue weighted by Gasteiger charge is 2.43. The van der Waals surface area contributed by atoms with Gasteiger partial charge < -0.3 is 29.9 Å². The highest BCUT2D eigenvalue weighted by molar-refractivity contribution is 4.90. The predicted molar refractivity (Wildman–Crippen MR) is 48.6 cm³/mol. The Hall–Kier alpha value is -0.680. The summed E-state index contributed by atoms with van der Waals surface area (Å²) in [6.07, 6.45) is -1.36. The van der Waals surface area contributed by atoms with Crippen LogP contribution in [0.25, 0.3) is 0 Å². The molecule has 0 spiro atoms. The maximum absolute atomic E-state index is 9.44. The van der Waals surface area contributed by atoms with Crippen molar-refractivity contribution in [2.45, 2.75) is 30.7 Å². The fraction of sp³-hybridized carbons (Fsp3) is 0.778. The fourth-order valence-electron chi connectivity index (χ4n) is 1.34. The number of terminal acetylenes is 1. The summed E-state index contributed by atoms with van der Waals surface area (Å²) < 4.78 is 9.91. The van der Waals surface area contributed by atoms with E-state index >= 15 is 0 Å². The van der Waals surface area contributed by atoms with Gasteiger partial charge in [-0.3, -0.25) is 0 Å². The van der Waals surface area contributed by atoms with E-state index in [0.29, 0.717) is 0 Å². The maximum Gasteiger partial charge on any atom is 0.187 e. The molecule has 0 radical (unpaired) electrons. The average molecular weight is 218 g/mol. The molecule has 6 nitrogen and oxygen atoms in total. The van der Waals surface area contributed by atoms with Crippen molar-refractivity contribution in [2.75, 3.05) is 13.2 Å². The Balaban J connectivity index is 2.62. The van der Waals surface area contributed by atoms with Gasteiger partial charge in [-0.05, 0) is 0 Å². The minimum atomic E-state index is -1.43. The molecule has 0 aromatic carbocycles. The number of hydrogen-bond acceptors (Lipinski definition) is 6. The normalized spacial score (nSPS) is 41.1. The quantitative estimate of drug-likeness (QED) is 0.389. The Labute approximate surface area is 87.1 Å². The van der Waals surface area contributed by atoms with Gasteiger partial charge in [0, 0.05) is 0 Å². The van der Waals surface area contributed by atoms with E-state index in [-0.39, 0.29) is 6.61 Å². The zero-order chi connectivity index (χ0) is 11.4. The first-order valence-corrected chi connectivity index (χ1v) is 4.47. The highest BCUT2D eigenvalue weighted by Crippen LogP contribution is 2.21. The van der Waals surface area contributed by atoms with Gasteiger partial charge in [-0.25, -0.2) is 0 Å². The molecule has 0 bridgehead atoms. The molecule has 0 aromatic rings. The van der Waals surface area contributed by atoms with Crippen LogP contribution in [0, 0.1) is 12.3 Å². The van der Waals surface area contributed by atoms with Crippen LogP contribution in [0.5, 0.6) is 0 Å². The number of hydrogen-bond donors (Lipinski definition) is 4. The third-order valence-electron chi connectivity index (χ3n) is 2.18. The van der Waals surface area contributed by atoms with Gasteiger partial charge in [-0.2, -0.15) is 0 Å². The zero-order valence-electron chi connectivity index (χ0n) is 7.98. The topological polar surface area (TPSA) is 99.4 Å². The van der Waals surface area contributed by atoms with Crippen molar-refractivity contribution < 1.29 is 29.9 Å². The fourth-order valence-corrected chi connectivity index (χ4v) is 1.34. The van der Waals surface area contributed by atoms with E-state index in [9.17, 15) is 15.3 Å². The lowest BCUT2D eigenvalue weighted by atomic mass is 9.99. The SMILES string of the molecule is C#CCO[C@H]1OC(CO)[C@H](O)[C@H](O)C1O. The molecule has 2 unspecified atom stereocenters. The highest BCUT2D eigenvalue weighted by atomic mass is 16.7. The first-order chi connectivity index (χ1) is 7.11. The number of aliphatic hydroxyl groups is 4. The lowest BCUT2D eigenvalue weighted by Crippen LogP contribution is -2.59. The molecule has 1 fully saturated rings. The third-order valence-corrected chi connectivity index (χ3v) is 2.18. The lowest BCUT2D eigenvalue weighted by Gasteiger charge is -2.39. The minimum Gasteiger partial charge on any atom is -0.394 e. The first-order valence-electron chi connectivity index (χ1n) is 4.47. The van der Waals surface area contributed by atoms with E-state index in [2.05, 4.69) is 5.92 Å². The van der Waals surface area contributed by atoms with Gasteiger partial charge in [0.1, 0.15) is 31.0 Å². The smallest absolute Gasteiger partial charge is 0.187 e. The van der Waals surface area contributed by atoms with Crippen molar-refractivity contribution in [2.24, 2.45) is 0 Å². The van der Waals surface area contributed by atoms with Crippen LogP contribution in [0.15, 0.2) is 0 Å². The van der Waals surface area contributed by atoms with Gasteiger partial charge in [0.05, 0.1) is 6.61 Å². The summed E-state index contributed by atoms with van der Waals surface area (Å²) in [6.45, 7) is -0.580. The summed E-state index contributed by atoms with van der Waals surface area (Å²) in [4.78, 5) is 0. The molecule has 0 aromatic heterocycles. The standard InChI is InChI=1S/C9H14O6/c1-2-3-14-9-8(13)7(12)6(11)5(4-10)15-9/h1,5-13H,3-4H2/t5?,6-,7-,8?,9-/m0/s1. The van der Waals surface area contributed by atoms with Gasteiger partial charge in [-0.15, -0.1) is 6.42 Å². The lowest BCUT2D eigenvalue weighted by molar-refractivity contribution is -0.298. The summed E-state index contributed by atoms with van der Waals surface area (Å²) in [6, 6.07) is 0. The van der Waals surface area contributed by atoms with Crippen LogP contribution >= 0.6 is 0 Å². The molecule has 0 aliphatic carbocycles. The van der Waals surface area contributed by atoms with E-state index in [1.54, 1.807) is 0 Å². The molecular formula is C9H14O6. The summed E-state index contributed by atoms with van der Waals surface area (Å²) in [5.41, 5.74) is 0. The van der Waals surface area contributed by atoms with Crippen LogP contribution in [-0.2, 0) is 9.47 Å². The molecular weight excluding hydrogens is 204 g/mol. The van der Waals surface area contributed by atoms with Crippen LogP contribution in [0.4, 0.5) is 0 Å². The van der Waals surface area contributed by atoms with E-state index in [0.717, 1.165) is 0 Å². The minimum absolute atomic E-state index is 0.0946. The summed E-state index contributed by atoms with van der Waals surface area (Å²) in [5, 5.41) is 37.0. The first kappa shape index (κ1) is 12.4. The Kier molecular flexibility index (Phi) is 4.47. The van der Waals surface area contributed by atoms with Gasteiger partial charge in [0.2, 0.25) is 0 Å². The van der Waals surface area contributed by atoms with Gasteiger partial charge in [0.15, 0.2) is 6.29 Å². The van der Waals surface area contributed by atoms with Gasteiger partial charge >= 0.3 is 0 Å². The van der Waals surface area contributed by atoms with Gasteiger partial charge in [-0.1, -0.05) is 5.92 Å². The Morgan fingerprint density at radius 2 is 1.87 bits per heavy atom. The largest absolute Gasteiger partial charge is 0.394 e. The molecule has 86 valence electrons. The molecule has 0 amide bonds. The van der Waals surface area contributed by atoms with Crippen LogP contribution < -0.4 is 0 Å². The molecule has 5 atom stereocenters. The van der Waals surface area contributed by atoms with Crippen LogP contribution in [0.1, 0.15) is 0 Å². The zero-order valence-corrected chi connectivity index (χ0v) is 7.98. The van der Waals surface area contributed by atoms with Crippen molar-refractivity contribution in [3.63, 3.8) is 0 Å². The number of ether oxygens (including phenoxy) is 2. The maximum atomic E-state index is 9.44. The number of rotatable bonds is 3. The summed E-state index contributed by atoms with van der Waals surface area (Å²) in [7, 11) is 0. The molecule has 6 heteroatoms. The summed E-state index contributed by atoms with van der Waals surface area (Å²) in [5.74, 6) is 2.17. The van der Waals surface area contributed by atoms with Crippen molar-refractivity contribution in [1.29, 1.82) is 0 Å². The van der Waals surface area contributed by atoms with Crippen LogP contribution in [0.3, 0.4) is 0 Å². The monoisotopic (exact) mass is 218 g/mol. The van der Waals surface area contributed by atoms with Gasteiger partial charge in [0.25, 0.3) is 0 Å². The molecule has 1 heterocycles. The van der Waals surface area contributed by atoms with Crippen LogP contribution in [-0.4, -0.2) is 64.3 Å². The second kappa shape index (κ2) is 5.42. The predicted octanol–water partition coefficient (Wildman–Crippen LogP) is -2.56. The van der Waals surface area contributed by atoms with Crippen molar-refractivity contribution in [3.8, 4) is 12.3 Å². The molecule has 4 N–H and O–H groups in total. The molecule has 15 heavy (non-hydrogen) atoms. The number of aliphatic hydroxyl groups excluding tert-OH is 4. The Morgan fingerprint density at radius 1 is 1.20 bits per heavy atom. The molecule has 1 aliphatic heterocycles. The molecule has 1 rings (SSSR count). The third kappa shape index (κ3) is 2.66. The molecule has 0 saturated carbocycles. The molecule has 1 aliphatic rings. The van der Waals surface area contributed by atoms with Crippen molar-refractivity contribution >= 4 is 0 Å². The average Bonchev–Trinajstić information content (AvgIpc) is 2.25. The van der Waals surface area contributed by atoms with E-state index in [4.69, 9.17) is 21.0 Å². The summed E-state index contributed by atoms with van der Waals surface area (Å²) >= 11 is 0.